The number of benzene rings is 2. The minimum atomic E-state index is 0.337. The van der Waals surface area contributed by atoms with Crippen LogP contribution in [0.25, 0.3) is 0 Å². The van der Waals surface area contributed by atoms with Crippen molar-refractivity contribution >= 4 is 0 Å². The number of hydrogen-bond donors (Lipinski definition) is 1. The Hall–Kier alpha value is -2.00. The van der Waals surface area contributed by atoms with E-state index in [4.69, 9.17) is 15.2 Å². The number of aryl methyl sites for hydroxylation is 1. The quantitative estimate of drug-likeness (QED) is 0.846. The second-order valence-corrected chi connectivity index (χ2v) is 5.16. The highest BCUT2D eigenvalue weighted by molar-refractivity contribution is 5.31. The molecule has 0 amide bonds. The van der Waals surface area contributed by atoms with E-state index in [2.05, 4.69) is 31.2 Å². The summed E-state index contributed by atoms with van der Waals surface area (Å²) in [4.78, 5) is 0. The molecule has 0 saturated carbocycles. The Bertz CT molecular complexity index is 534. The lowest BCUT2D eigenvalue weighted by molar-refractivity contribution is 0.297. The van der Waals surface area contributed by atoms with Crippen molar-refractivity contribution in [1.29, 1.82) is 0 Å². The first-order chi connectivity index (χ1) is 10.2. The lowest BCUT2D eigenvalue weighted by Crippen LogP contribution is -2.15. The molecule has 0 radical (unpaired) electrons. The van der Waals surface area contributed by atoms with E-state index in [1.807, 2.05) is 24.3 Å². The van der Waals surface area contributed by atoms with Crippen LogP contribution in [-0.4, -0.2) is 20.3 Å². The van der Waals surface area contributed by atoms with Gasteiger partial charge >= 0.3 is 0 Å². The van der Waals surface area contributed by atoms with Gasteiger partial charge in [0.05, 0.1) is 13.7 Å². The van der Waals surface area contributed by atoms with Gasteiger partial charge in [-0.3, -0.25) is 0 Å². The van der Waals surface area contributed by atoms with Crippen LogP contribution >= 0.6 is 0 Å². The Balaban J connectivity index is 1.86. The van der Waals surface area contributed by atoms with Gasteiger partial charge in [-0.25, -0.2) is 0 Å². The normalized spacial score (nSPS) is 12.0. The summed E-state index contributed by atoms with van der Waals surface area (Å²) in [6.07, 6.45) is 0.908. The monoisotopic (exact) mass is 285 g/mol. The molecule has 3 heteroatoms. The Morgan fingerprint density at radius 1 is 0.952 bits per heavy atom. The van der Waals surface area contributed by atoms with Crippen LogP contribution in [0.3, 0.4) is 0 Å². The third-order valence-electron chi connectivity index (χ3n) is 3.63. The maximum absolute atomic E-state index is 5.89. The zero-order valence-corrected chi connectivity index (χ0v) is 12.7. The van der Waals surface area contributed by atoms with Crippen LogP contribution in [-0.2, 0) is 0 Å². The molecule has 0 fully saturated rings. The van der Waals surface area contributed by atoms with Crippen LogP contribution in [0, 0.1) is 6.92 Å². The summed E-state index contributed by atoms with van der Waals surface area (Å²) in [5.74, 6) is 2.03. The first-order valence-electron chi connectivity index (χ1n) is 7.26. The average molecular weight is 285 g/mol. The fraction of sp³-hybridized carbons (Fsp3) is 0.333. The van der Waals surface area contributed by atoms with E-state index >= 15 is 0 Å². The molecule has 0 heterocycles. The van der Waals surface area contributed by atoms with Crippen LogP contribution < -0.4 is 15.2 Å². The Kier molecular flexibility index (Phi) is 5.64. The van der Waals surface area contributed by atoms with Crippen LogP contribution in [0.15, 0.2) is 48.5 Å². The zero-order chi connectivity index (χ0) is 15.1. The molecule has 0 saturated heterocycles. The second kappa shape index (κ2) is 7.70. The average Bonchev–Trinajstić information content (AvgIpc) is 2.53. The first-order valence-corrected chi connectivity index (χ1v) is 7.26. The number of rotatable bonds is 7. The molecule has 3 nitrogen and oxygen atoms in total. The van der Waals surface area contributed by atoms with Crippen molar-refractivity contribution in [3.63, 3.8) is 0 Å². The summed E-state index contributed by atoms with van der Waals surface area (Å²) in [7, 11) is 1.66. The summed E-state index contributed by atoms with van der Waals surface area (Å²) >= 11 is 0. The molecule has 0 bridgehead atoms. The minimum Gasteiger partial charge on any atom is -0.497 e. The SMILES string of the molecule is COc1ccc(OCCC(CN)c2ccc(C)cc2)cc1. The minimum absolute atomic E-state index is 0.337. The summed E-state index contributed by atoms with van der Waals surface area (Å²) in [5, 5.41) is 0. The molecule has 0 aliphatic carbocycles. The van der Waals surface area contributed by atoms with Gasteiger partial charge in [0.25, 0.3) is 0 Å². The van der Waals surface area contributed by atoms with Crippen molar-refractivity contribution in [3.05, 3.63) is 59.7 Å². The van der Waals surface area contributed by atoms with E-state index in [0.29, 0.717) is 19.1 Å². The maximum atomic E-state index is 5.89. The largest absolute Gasteiger partial charge is 0.497 e. The highest BCUT2D eigenvalue weighted by atomic mass is 16.5. The molecule has 0 aliphatic rings. The van der Waals surface area contributed by atoms with Crippen molar-refractivity contribution in [2.75, 3.05) is 20.3 Å². The summed E-state index contributed by atoms with van der Waals surface area (Å²) in [6.45, 7) is 3.38. The Labute approximate surface area is 126 Å². The Morgan fingerprint density at radius 3 is 2.14 bits per heavy atom. The zero-order valence-electron chi connectivity index (χ0n) is 12.7. The van der Waals surface area contributed by atoms with Gasteiger partial charge in [0.2, 0.25) is 0 Å². The van der Waals surface area contributed by atoms with Gasteiger partial charge in [0, 0.05) is 0 Å². The van der Waals surface area contributed by atoms with E-state index in [1.165, 1.54) is 11.1 Å². The van der Waals surface area contributed by atoms with Crippen LogP contribution in [0.1, 0.15) is 23.5 Å². The van der Waals surface area contributed by atoms with Gasteiger partial charge in [0.1, 0.15) is 11.5 Å². The lowest BCUT2D eigenvalue weighted by atomic mass is 9.95. The van der Waals surface area contributed by atoms with Crippen molar-refractivity contribution in [1.82, 2.24) is 0 Å². The van der Waals surface area contributed by atoms with Crippen LogP contribution in [0.4, 0.5) is 0 Å². The van der Waals surface area contributed by atoms with Crippen molar-refractivity contribution in [2.24, 2.45) is 5.73 Å². The van der Waals surface area contributed by atoms with Gasteiger partial charge in [-0.1, -0.05) is 29.8 Å². The fourth-order valence-electron chi connectivity index (χ4n) is 2.25. The third kappa shape index (κ3) is 4.50. The highest BCUT2D eigenvalue weighted by Gasteiger charge is 2.09. The molecule has 2 aromatic carbocycles. The molecule has 1 unspecified atom stereocenters. The van der Waals surface area contributed by atoms with E-state index in [9.17, 15) is 0 Å². The highest BCUT2D eigenvalue weighted by Crippen LogP contribution is 2.21. The van der Waals surface area contributed by atoms with Crippen molar-refractivity contribution in [3.8, 4) is 11.5 Å². The lowest BCUT2D eigenvalue weighted by Gasteiger charge is -2.16. The smallest absolute Gasteiger partial charge is 0.119 e. The van der Waals surface area contributed by atoms with E-state index in [-0.39, 0.29) is 0 Å². The van der Waals surface area contributed by atoms with Crippen molar-refractivity contribution < 1.29 is 9.47 Å². The summed E-state index contributed by atoms with van der Waals surface area (Å²) in [6, 6.07) is 16.2. The predicted molar refractivity (Wildman–Crippen MR) is 86.1 cm³/mol. The van der Waals surface area contributed by atoms with Crippen LogP contribution in [0.2, 0.25) is 0 Å². The molecule has 0 aliphatic heterocycles. The molecule has 2 rings (SSSR count). The molecular formula is C18H23NO2. The van der Waals surface area contributed by atoms with Crippen molar-refractivity contribution in [2.45, 2.75) is 19.3 Å². The van der Waals surface area contributed by atoms with Gasteiger partial charge in [0.15, 0.2) is 0 Å². The van der Waals surface area contributed by atoms with E-state index in [0.717, 1.165) is 17.9 Å². The number of ether oxygens (including phenoxy) is 2. The predicted octanol–water partition coefficient (Wildman–Crippen LogP) is 3.52. The van der Waals surface area contributed by atoms with Gasteiger partial charge in [-0.15, -0.1) is 0 Å². The molecule has 0 aromatic heterocycles. The first kappa shape index (κ1) is 15.4. The number of methoxy groups -OCH3 is 1. The number of nitrogens with two attached hydrogens (primary N) is 1. The molecule has 21 heavy (non-hydrogen) atoms. The van der Waals surface area contributed by atoms with Gasteiger partial charge in [-0.05, 0) is 55.6 Å². The fourth-order valence-corrected chi connectivity index (χ4v) is 2.25. The molecule has 2 aromatic rings. The third-order valence-corrected chi connectivity index (χ3v) is 3.63. The molecular weight excluding hydrogens is 262 g/mol. The summed E-state index contributed by atoms with van der Waals surface area (Å²) < 4.78 is 10.9. The van der Waals surface area contributed by atoms with Gasteiger partial charge in [-0.2, -0.15) is 0 Å². The molecule has 0 spiro atoms. The second-order valence-electron chi connectivity index (χ2n) is 5.16. The number of hydrogen-bond acceptors (Lipinski definition) is 3. The van der Waals surface area contributed by atoms with E-state index < -0.39 is 0 Å². The van der Waals surface area contributed by atoms with E-state index in [1.54, 1.807) is 7.11 Å². The molecule has 2 N–H and O–H groups in total. The van der Waals surface area contributed by atoms with Gasteiger partial charge < -0.3 is 15.2 Å². The summed E-state index contributed by atoms with van der Waals surface area (Å²) in [5.41, 5.74) is 8.43. The molecule has 1 atom stereocenters. The Morgan fingerprint density at radius 2 is 1.57 bits per heavy atom. The standard InChI is InChI=1S/C18H23NO2/c1-14-3-5-15(6-4-14)16(13-19)11-12-21-18-9-7-17(20-2)8-10-18/h3-10,16H,11-13,19H2,1-2H3. The maximum Gasteiger partial charge on any atom is 0.119 e. The molecule has 112 valence electrons. The van der Waals surface area contributed by atoms with Crippen LogP contribution in [0.5, 0.6) is 11.5 Å². The topological polar surface area (TPSA) is 44.5 Å².